The van der Waals surface area contributed by atoms with Crippen molar-refractivity contribution in [3.8, 4) is 0 Å². The highest BCUT2D eigenvalue weighted by atomic mass is 79.9. The monoisotopic (exact) mass is 340 g/mol. The molecule has 1 aromatic carbocycles. The minimum atomic E-state index is -0.160. The number of benzene rings is 1. The summed E-state index contributed by atoms with van der Waals surface area (Å²) in [4.78, 5) is 0. The number of thiophene rings is 1. The fourth-order valence-corrected chi connectivity index (χ4v) is 4.19. The maximum absolute atomic E-state index is 6.58. The van der Waals surface area contributed by atoms with Gasteiger partial charge in [-0.15, -0.1) is 22.9 Å². The van der Waals surface area contributed by atoms with Gasteiger partial charge in [-0.05, 0) is 51.3 Å². The van der Waals surface area contributed by atoms with Crippen LogP contribution in [0.3, 0.4) is 0 Å². The number of hydrogen-bond donors (Lipinski definition) is 0. The first-order valence-electron chi connectivity index (χ1n) is 5.52. The van der Waals surface area contributed by atoms with E-state index in [1.54, 1.807) is 17.6 Å². The van der Waals surface area contributed by atoms with Crippen molar-refractivity contribution in [2.24, 2.45) is 0 Å². The topological polar surface area (TPSA) is 13.1 Å². The van der Waals surface area contributed by atoms with Gasteiger partial charge in [0.1, 0.15) is 5.76 Å². The number of alkyl halides is 1. The number of furan rings is 1. The van der Waals surface area contributed by atoms with E-state index in [4.69, 9.17) is 16.0 Å². The highest BCUT2D eigenvalue weighted by molar-refractivity contribution is 9.10. The summed E-state index contributed by atoms with van der Waals surface area (Å²) in [6.07, 6.45) is 1.69. The molecule has 0 fully saturated rings. The molecule has 3 aromatic rings. The van der Waals surface area contributed by atoms with Gasteiger partial charge in [-0.1, -0.05) is 12.1 Å². The minimum Gasteiger partial charge on any atom is -0.469 e. The Kier molecular flexibility index (Phi) is 3.22. The van der Waals surface area contributed by atoms with Crippen molar-refractivity contribution in [3.63, 3.8) is 0 Å². The van der Waals surface area contributed by atoms with Crippen LogP contribution in [0.1, 0.15) is 22.3 Å². The van der Waals surface area contributed by atoms with Crippen LogP contribution in [0, 0.1) is 6.92 Å². The average molecular weight is 342 g/mol. The second-order valence-electron chi connectivity index (χ2n) is 4.10. The zero-order valence-corrected chi connectivity index (χ0v) is 12.8. The van der Waals surface area contributed by atoms with E-state index in [1.165, 1.54) is 10.1 Å². The number of hydrogen-bond acceptors (Lipinski definition) is 2. The maximum Gasteiger partial charge on any atom is 0.105 e. The smallest absolute Gasteiger partial charge is 0.105 e. The largest absolute Gasteiger partial charge is 0.469 e. The Labute approximate surface area is 123 Å². The molecule has 1 unspecified atom stereocenters. The molecule has 0 saturated heterocycles. The summed E-state index contributed by atoms with van der Waals surface area (Å²) < 4.78 is 7.68. The molecule has 1 atom stereocenters. The van der Waals surface area contributed by atoms with Gasteiger partial charge in [0, 0.05) is 14.7 Å². The van der Waals surface area contributed by atoms with Gasteiger partial charge in [-0.25, -0.2) is 0 Å². The highest BCUT2D eigenvalue weighted by Gasteiger charge is 2.19. The molecule has 0 aliphatic carbocycles. The van der Waals surface area contributed by atoms with Gasteiger partial charge < -0.3 is 4.42 Å². The number of halogens is 2. The number of rotatable bonds is 2. The number of fused-ring (bicyclic) bond motifs is 1. The van der Waals surface area contributed by atoms with Crippen LogP contribution in [0.4, 0.5) is 0 Å². The Morgan fingerprint density at radius 3 is 2.83 bits per heavy atom. The summed E-state index contributed by atoms with van der Waals surface area (Å²) in [5.41, 5.74) is 2.18. The van der Waals surface area contributed by atoms with Crippen LogP contribution in [0.5, 0.6) is 0 Å². The van der Waals surface area contributed by atoms with E-state index < -0.39 is 0 Å². The second kappa shape index (κ2) is 4.72. The van der Waals surface area contributed by atoms with E-state index in [-0.39, 0.29) is 5.38 Å². The van der Waals surface area contributed by atoms with Gasteiger partial charge in [0.15, 0.2) is 0 Å². The molecule has 0 spiro atoms. The third-order valence-electron chi connectivity index (χ3n) is 3.03. The Hall–Kier alpha value is -0.770. The molecule has 18 heavy (non-hydrogen) atoms. The lowest BCUT2D eigenvalue weighted by Gasteiger charge is -2.07. The molecule has 2 aromatic heterocycles. The molecule has 0 amide bonds. The maximum atomic E-state index is 6.58. The third-order valence-corrected chi connectivity index (χ3v) is 5.47. The summed E-state index contributed by atoms with van der Waals surface area (Å²) >= 11 is 11.9. The highest BCUT2D eigenvalue weighted by Crippen LogP contribution is 2.40. The summed E-state index contributed by atoms with van der Waals surface area (Å²) in [5, 5.41) is 3.17. The molecular weight excluding hydrogens is 332 g/mol. The Balaban J connectivity index is 2.16. The van der Waals surface area contributed by atoms with Crippen LogP contribution in [-0.4, -0.2) is 0 Å². The molecule has 92 valence electrons. The van der Waals surface area contributed by atoms with Crippen molar-refractivity contribution in [2.45, 2.75) is 12.3 Å². The molecular formula is C14H10BrClOS. The van der Waals surface area contributed by atoms with Gasteiger partial charge in [0.2, 0.25) is 0 Å². The Morgan fingerprint density at radius 2 is 2.11 bits per heavy atom. The van der Waals surface area contributed by atoms with E-state index in [0.29, 0.717) is 0 Å². The SMILES string of the molecule is Cc1occc1C(Cl)c1csc2c(Br)cccc12. The van der Waals surface area contributed by atoms with E-state index in [1.807, 2.05) is 19.1 Å². The quantitative estimate of drug-likeness (QED) is 0.529. The minimum absolute atomic E-state index is 0.160. The normalized spacial score (nSPS) is 13.1. The predicted molar refractivity (Wildman–Crippen MR) is 80.7 cm³/mol. The molecule has 0 saturated carbocycles. The van der Waals surface area contributed by atoms with Crippen LogP contribution in [0.15, 0.2) is 44.8 Å². The lowest BCUT2D eigenvalue weighted by molar-refractivity contribution is 0.530. The van der Waals surface area contributed by atoms with Crippen molar-refractivity contribution < 1.29 is 4.42 Å². The first kappa shape index (κ1) is 12.3. The van der Waals surface area contributed by atoms with Gasteiger partial charge in [-0.3, -0.25) is 0 Å². The molecule has 0 aliphatic heterocycles. The zero-order valence-electron chi connectivity index (χ0n) is 9.61. The van der Waals surface area contributed by atoms with Crippen molar-refractivity contribution >= 4 is 49.0 Å². The second-order valence-corrected chi connectivity index (χ2v) is 6.27. The lowest BCUT2D eigenvalue weighted by atomic mass is 10.0. The van der Waals surface area contributed by atoms with E-state index >= 15 is 0 Å². The number of aryl methyl sites for hydroxylation is 1. The van der Waals surface area contributed by atoms with E-state index in [2.05, 4.69) is 33.4 Å². The summed E-state index contributed by atoms with van der Waals surface area (Å²) in [5.74, 6) is 0.879. The van der Waals surface area contributed by atoms with Gasteiger partial charge in [0.25, 0.3) is 0 Å². The molecule has 2 heterocycles. The summed E-state index contributed by atoms with van der Waals surface area (Å²) in [6.45, 7) is 1.94. The first-order valence-corrected chi connectivity index (χ1v) is 7.63. The van der Waals surface area contributed by atoms with Crippen LogP contribution >= 0.6 is 38.9 Å². The van der Waals surface area contributed by atoms with Gasteiger partial charge in [-0.2, -0.15) is 0 Å². The molecule has 0 radical (unpaired) electrons. The van der Waals surface area contributed by atoms with Crippen molar-refractivity contribution in [1.82, 2.24) is 0 Å². The van der Waals surface area contributed by atoms with Crippen LogP contribution in [0.2, 0.25) is 0 Å². The molecule has 0 bridgehead atoms. The Morgan fingerprint density at radius 1 is 1.28 bits per heavy atom. The zero-order chi connectivity index (χ0) is 12.7. The lowest BCUT2D eigenvalue weighted by Crippen LogP contribution is -1.91. The molecule has 1 nitrogen and oxygen atoms in total. The molecule has 3 rings (SSSR count). The van der Waals surface area contributed by atoms with E-state index in [0.717, 1.165) is 21.4 Å². The Bertz CT molecular complexity index is 701. The van der Waals surface area contributed by atoms with Gasteiger partial charge >= 0.3 is 0 Å². The fraction of sp³-hybridized carbons (Fsp3) is 0.143. The van der Waals surface area contributed by atoms with Crippen molar-refractivity contribution in [1.29, 1.82) is 0 Å². The predicted octanol–water partition coefficient (Wildman–Crippen LogP) is 5.89. The van der Waals surface area contributed by atoms with E-state index in [9.17, 15) is 0 Å². The van der Waals surface area contributed by atoms with Crippen molar-refractivity contribution in [2.75, 3.05) is 0 Å². The van der Waals surface area contributed by atoms with Crippen LogP contribution < -0.4 is 0 Å². The average Bonchev–Trinajstić information content (AvgIpc) is 2.95. The first-order chi connectivity index (χ1) is 8.68. The summed E-state index contributed by atoms with van der Waals surface area (Å²) in [6, 6.07) is 8.13. The molecule has 4 heteroatoms. The standard InChI is InChI=1S/C14H10BrClOS/c1-8-9(5-6-17-8)13(16)11-7-18-14-10(11)3-2-4-12(14)15/h2-7,13H,1H3. The van der Waals surface area contributed by atoms with Crippen molar-refractivity contribution in [3.05, 3.63) is 57.3 Å². The van der Waals surface area contributed by atoms with Gasteiger partial charge in [0.05, 0.1) is 11.6 Å². The summed E-state index contributed by atoms with van der Waals surface area (Å²) in [7, 11) is 0. The molecule has 0 N–H and O–H groups in total. The third kappa shape index (κ3) is 1.91. The molecule has 0 aliphatic rings. The fourth-order valence-electron chi connectivity index (χ4n) is 2.06. The van der Waals surface area contributed by atoms with Crippen LogP contribution in [-0.2, 0) is 0 Å². The van der Waals surface area contributed by atoms with Crippen LogP contribution in [0.25, 0.3) is 10.1 Å².